The van der Waals surface area contributed by atoms with Gasteiger partial charge in [0.15, 0.2) is 16.4 Å². The molecule has 0 aliphatic rings. The second-order valence-corrected chi connectivity index (χ2v) is 7.84. The van der Waals surface area contributed by atoms with Crippen molar-refractivity contribution in [3.63, 3.8) is 0 Å². The number of sulfone groups is 1. The van der Waals surface area contributed by atoms with E-state index in [1.807, 2.05) is 0 Å². The van der Waals surface area contributed by atoms with Gasteiger partial charge in [-0.05, 0) is 24.3 Å². The number of rotatable bonds is 8. The van der Waals surface area contributed by atoms with Gasteiger partial charge in [0.05, 0.1) is 15.6 Å². The van der Waals surface area contributed by atoms with Gasteiger partial charge in [-0.2, -0.15) is 13.2 Å². The highest BCUT2D eigenvalue weighted by Gasteiger charge is 2.29. The fourth-order valence-corrected chi connectivity index (χ4v) is 3.43. The van der Waals surface area contributed by atoms with E-state index in [1.165, 1.54) is 24.3 Å². The van der Waals surface area contributed by atoms with Crippen LogP contribution in [0.3, 0.4) is 0 Å². The normalized spacial score (nSPS) is 11.7. The Morgan fingerprint density at radius 1 is 1.14 bits per heavy atom. The number of alkyl halides is 3. The van der Waals surface area contributed by atoms with E-state index in [0.29, 0.717) is 0 Å². The first-order chi connectivity index (χ1) is 13.5. The number of carbonyl (C=O) groups is 1. The maximum absolute atomic E-state index is 12.3. The van der Waals surface area contributed by atoms with Gasteiger partial charge in [-0.3, -0.25) is 14.9 Å². The minimum absolute atomic E-state index is 0.0442. The van der Waals surface area contributed by atoms with E-state index in [2.05, 4.69) is 10.1 Å². The number of ether oxygens (including phenoxy) is 1. The van der Waals surface area contributed by atoms with Crippen LogP contribution in [0.1, 0.15) is 10.4 Å². The van der Waals surface area contributed by atoms with Crippen LogP contribution >= 0.6 is 0 Å². The van der Waals surface area contributed by atoms with Crippen molar-refractivity contribution in [3.8, 4) is 5.75 Å². The molecule has 0 saturated carbocycles. The Morgan fingerprint density at radius 3 is 2.38 bits per heavy atom. The van der Waals surface area contributed by atoms with E-state index in [0.717, 1.165) is 18.2 Å². The standard InChI is InChI=1S/C17H15F3N2O6S/c18-17(19,20)11-28-12-6-7-15(22(24)25)14(10-12)16(23)21-8-9-29(26,27)13-4-2-1-3-5-13/h1-7,10H,8-9,11H2,(H,21,23). The monoisotopic (exact) mass is 432 g/mol. The molecule has 1 amide bonds. The van der Waals surface area contributed by atoms with Crippen molar-refractivity contribution in [1.82, 2.24) is 5.32 Å². The number of amides is 1. The molecule has 29 heavy (non-hydrogen) atoms. The number of hydrogen-bond donors (Lipinski definition) is 1. The number of carbonyl (C=O) groups excluding carboxylic acids is 1. The average Bonchev–Trinajstić information content (AvgIpc) is 2.66. The Hall–Kier alpha value is -3.15. The maximum atomic E-state index is 12.3. The molecule has 0 bridgehead atoms. The molecule has 8 nitrogen and oxygen atoms in total. The second-order valence-electron chi connectivity index (χ2n) is 5.73. The molecule has 1 N–H and O–H groups in total. The van der Waals surface area contributed by atoms with E-state index >= 15 is 0 Å². The summed E-state index contributed by atoms with van der Waals surface area (Å²) in [7, 11) is -3.70. The zero-order valence-corrected chi connectivity index (χ0v) is 15.5. The van der Waals surface area contributed by atoms with E-state index in [-0.39, 0.29) is 11.4 Å². The van der Waals surface area contributed by atoms with Gasteiger partial charge in [0.1, 0.15) is 11.3 Å². The predicted molar refractivity (Wildman–Crippen MR) is 95.5 cm³/mol. The molecule has 2 aromatic rings. The van der Waals surface area contributed by atoms with E-state index in [9.17, 15) is 36.5 Å². The van der Waals surface area contributed by atoms with Crippen molar-refractivity contribution < 1.29 is 36.0 Å². The summed E-state index contributed by atoms with van der Waals surface area (Å²) in [5, 5.41) is 13.3. The molecular weight excluding hydrogens is 417 g/mol. The van der Waals surface area contributed by atoms with Gasteiger partial charge in [-0.1, -0.05) is 18.2 Å². The molecule has 2 aromatic carbocycles. The highest BCUT2D eigenvalue weighted by Crippen LogP contribution is 2.26. The van der Waals surface area contributed by atoms with Crippen LogP contribution in [0.2, 0.25) is 0 Å². The molecule has 2 rings (SSSR count). The number of hydrogen-bond acceptors (Lipinski definition) is 6. The molecule has 0 radical (unpaired) electrons. The zero-order valence-electron chi connectivity index (χ0n) is 14.7. The molecule has 0 saturated heterocycles. The number of nitro benzene ring substituents is 1. The van der Waals surface area contributed by atoms with Gasteiger partial charge in [0, 0.05) is 12.6 Å². The van der Waals surface area contributed by atoms with Crippen LogP contribution in [-0.4, -0.2) is 44.3 Å². The fraction of sp³-hybridized carbons (Fsp3) is 0.235. The smallest absolute Gasteiger partial charge is 0.422 e. The van der Waals surface area contributed by atoms with Crippen LogP contribution in [0.25, 0.3) is 0 Å². The Labute approximate surface area is 163 Å². The molecule has 0 spiro atoms. The zero-order chi connectivity index (χ0) is 21.7. The topological polar surface area (TPSA) is 116 Å². The third-order valence-electron chi connectivity index (χ3n) is 3.57. The Balaban J connectivity index is 2.11. The lowest BCUT2D eigenvalue weighted by Gasteiger charge is -2.11. The lowest BCUT2D eigenvalue weighted by atomic mass is 10.1. The summed E-state index contributed by atoms with van der Waals surface area (Å²) in [6.45, 7) is -2.00. The SMILES string of the molecule is O=C(NCCS(=O)(=O)c1ccccc1)c1cc(OCC(F)(F)F)ccc1[N+](=O)[O-]. The summed E-state index contributed by atoms with van der Waals surface area (Å²) in [5.74, 6) is -1.88. The van der Waals surface area contributed by atoms with E-state index in [4.69, 9.17) is 0 Å². The largest absolute Gasteiger partial charge is 0.484 e. The number of halogens is 3. The number of nitrogens with zero attached hydrogens (tertiary/aromatic N) is 1. The summed E-state index contributed by atoms with van der Waals surface area (Å²) >= 11 is 0. The fourth-order valence-electron chi connectivity index (χ4n) is 2.25. The number of nitro groups is 1. The first kappa shape index (κ1) is 22.1. The van der Waals surface area contributed by atoms with Crippen molar-refractivity contribution in [1.29, 1.82) is 0 Å². The highest BCUT2D eigenvalue weighted by atomic mass is 32.2. The van der Waals surface area contributed by atoms with Crippen LogP contribution in [0.4, 0.5) is 18.9 Å². The van der Waals surface area contributed by atoms with Crippen molar-refractivity contribution in [3.05, 3.63) is 64.2 Å². The molecule has 156 valence electrons. The summed E-state index contributed by atoms with van der Waals surface area (Å²) < 4.78 is 65.6. The van der Waals surface area contributed by atoms with Crippen molar-refractivity contribution >= 4 is 21.4 Å². The molecule has 0 heterocycles. The highest BCUT2D eigenvalue weighted by molar-refractivity contribution is 7.91. The quantitative estimate of drug-likeness (QED) is 0.507. The lowest BCUT2D eigenvalue weighted by molar-refractivity contribution is -0.385. The summed E-state index contributed by atoms with van der Waals surface area (Å²) in [5.41, 5.74) is -1.21. The second kappa shape index (κ2) is 8.90. The first-order valence-electron chi connectivity index (χ1n) is 8.03. The van der Waals surface area contributed by atoms with Gasteiger partial charge in [-0.25, -0.2) is 8.42 Å². The van der Waals surface area contributed by atoms with Gasteiger partial charge in [-0.15, -0.1) is 0 Å². The maximum Gasteiger partial charge on any atom is 0.422 e. The van der Waals surface area contributed by atoms with Crippen LogP contribution in [-0.2, 0) is 9.84 Å². The van der Waals surface area contributed by atoms with Crippen LogP contribution < -0.4 is 10.1 Å². The molecule has 0 fully saturated rings. The molecular formula is C17H15F3N2O6S. The van der Waals surface area contributed by atoms with Crippen LogP contribution in [0.15, 0.2) is 53.4 Å². The predicted octanol–water partition coefficient (Wildman–Crippen LogP) is 2.74. The summed E-state index contributed by atoms with van der Waals surface area (Å²) in [6, 6.07) is 10.0. The minimum Gasteiger partial charge on any atom is -0.484 e. The number of benzene rings is 2. The molecule has 0 aliphatic carbocycles. The minimum atomic E-state index is -4.63. The molecule has 0 aliphatic heterocycles. The van der Waals surface area contributed by atoms with Gasteiger partial charge in [0.25, 0.3) is 11.6 Å². The number of nitrogens with one attached hydrogen (secondary N) is 1. The third kappa shape index (κ3) is 6.45. The Kier molecular flexibility index (Phi) is 6.80. The van der Waals surface area contributed by atoms with Crippen molar-refractivity contribution in [2.75, 3.05) is 18.9 Å². The lowest BCUT2D eigenvalue weighted by Crippen LogP contribution is -2.29. The summed E-state index contributed by atoms with van der Waals surface area (Å²) in [4.78, 5) is 22.5. The first-order valence-corrected chi connectivity index (χ1v) is 9.69. The van der Waals surface area contributed by atoms with Crippen LogP contribution in [0.5, 0.6) is 5.75 Å². The van der Waals surface area contributed by atoms with Crippen molar-refractivity contribution in [2.24, 2.45) is 0 Å². The third-order valence-corrected chi connectivity index (χ3v) is 5.30. The van der Waals surface area contributed by atoms with Crippen LogP contribution in [0, 0.1) is 10.1 Å². The average molecular weight is 432 g/mol. The van der Waals surface area contributed by atoms with Gasteiger partial charge in [0.2, 0.25) is 0 Å². The molecule has 0 unspecified atom stereocenters. The Morgan fingerprint density at radius 2 is 1.79 bits per heavy atom. The van der Waals surface area contributed by atoms with E-state index in [1.54, 1.807) is 6.07 Å². The van der Waals surface area contributed by atoms with Gasteiger partial charge >= 0.3 is 6.18 Å². The van der Waals surface area contributed by atoms with E-state index < -0.39 is 56.2 Å². The van der Waals surface area contributed by atoms with Gasteiger partial charge < -0.3 is 10.1 Å². The Bertz CT molecular complexity index is 994. The summed E-state index contributed by atoms with van der Waals surface area (Å²) in [6.07, 6.45) is -4.63. The molecule has 0 aromatic heterocycles. The molecule has 12 heteroatoms. The van der Waals surface area contributed by atoms with Crippen molar-refractivity contribution in [2.45, 2.75) is 11.1 Å². The molecule has 0 atom stereocenters.